The lowest BCUT2D eigenvalue weighted by Crippen LogP contribution is -2.23. The van der Waals surface area contributed by atoms with Crippen molar-refractivity contribution in [1.29, 1.82) is 0 Å². The van der Waals surface area contributed by atoms with Crippen molar-refractivity contribution < 1.29 is 14.6 Å². The van der Waals surface area contributed by atoms with E-state index in [2.05, 4.69) is 12.2 Å². The molecule has 1 aromatic rings. The minimum atomic E-state index is 0.0774. The lowest BCUT2D eigenvalue weighted by Gasteiger charge is -2.14. The fraction of sp³-hybridized carbons (Fsp3) is 0.538. The highest BCUT2D eigenvalue weighted by atomic mass is 16.5. The molecule has 0 saturated carbocycles. The van der Waals surface area contributed by atoms with Gasteiger partial charge in [-0.3, -0.25) is 0 Å². The van der Waals surface area contributed by atoms with Crippen LogP contribution in [0.25, 0.3) is 0 Å². The molecule has 0 aromatic heterocycles. The van der Waals surface area contributed by atoms with Crippen LogP contribution in [0.3, 0.4) is 0 Å². The van der Waals surface area contributed by atoms with Gasteiger partial charge >= 0.3 is 0 Å². The third-order valence-electron chi connectivity index (χ3n) is 2.55. The van der Waals surface area contributed by atoms with Crippen molar-refractivity contribution in [3.8, 4) is 5.75 Å². The van der Waals surface area contributed by atoms with Crippen molar-refractivity contribution in [2.45, 2.75) is 13.0 Å². The molecule has 17 heavy (non-hydrogen) atoms. The molecule has 0 bridgehead atoms. The summed E-state index contributed by atoms with van der Waals surface area (Å²) in [5.74, 6) is 0.868. The van der Waals surface area contributed by atoms with Gasteiger partial charge in [0.15, 0.2) is 0 Å². The van der Waals surface area contributed by atoms with Crippen molar-refractivity contribution in [2.75, 3.05) is 33.5 Å². The molecule has 0 aliphatic carbocycles. The summed E-state index contributed by atoms with van der Waals surface area (Å²) in [7, 11) is 1.66. The zero-order chi connectivity index (χ0) is 12.5. The molecule has 0 radical (unpaired) electrons. The fourth-order valence-corrected chi connectivity index (χ4v) is 1.52. The molecule has 0 aliphatic heterocycles. The van der Waals surface area contributed by atoms with Gasteiger partial charge in [0.05, 0.1) is 26.9 Å². The second-order valence-electron chi connectivity index (χ2n) is 3.78. The van der Waals surface area contributed by atoms with E-state index < -0.39 is 0 Å². The third kappa shape index (κ3) is 5.17. The van der Waals surface area contributed by atoms with Crippen LogP contribution in [0.15, 0.2) is 24.3 Å². The zero-order valence-corrected chi connectivity index (χ0v) is 10.5. The molecule has 1 atom stereocenters. The Morgan fingerprint density at radius 2 is 1.94 bits per heavy atom. The summed E-state index contributed by atoms with van der Waals surface area (Å²) in [5, 5.41) is 11.9. The van der Waals surface area contributed by atoms with Crippen LogP contribution in [-0.2, 0) is 4.74 Å². The highest BCUT2D eigenvalue weighted by Gasteiger charge is 2.04. The first-order valence-corrected chi connectivity index (χ1v) is 5.84. The number of methoxy groups -OCH3 is 1. The van der Waals surface area contributed by atoms with Crippen LogP contribution >= 0.6 is 0 Å². The second-order valence-corrected chi connectivity index (χ2v) is 3.78. The second kappa shape index (κ2) is 8.06. The van der Waals surface area contributed by atoms with E-state index in [9.17, 15) is 0 Å². The Labute approximate surface area is 103 Å². The molecule has 0 fully saturated rings. The minimum absolute atomic E-state index is 0.0774. The van der Waals surface area contributed by atoms with Gasteiger partial charge < -0.3 is 19.9 Å². The molecule has 4 heteroatoms. The van der Waals surface area contributed by atoms with E-state index in [1.807, 2.05) is 24.3 Å². The maximum absolute atomic E-state index is 8.54. The van der Waals surface area contributed by atoms with E-state index in [1.54, 1.807) is 7.11 Å². The summed E-state index contributed by atoms with van der Waals surface area (Å²) in [5.41, 5.74) is 1.22. The first kappa shape index (κ1) is 14.0. The van der Waals surface area contributed by atoms with Gasteiger partial charge in [-0.05, 0) is 24.6 Å². The number of nitrogens with one attached hydrogen (secondary N) is 1. The van der Waals surface area contributed by atoms with E-state index in [4.69, 9.17) is 14.6 Å². The Kier molecular flexibility index (Phi) is 6.62. The smallest absolute Gasteiger partial charge is 0.118 e. The van der Waals surface area contributed by atoms with E-state index in [0.717, 1.165) is 12.3 Å². The number of hydrogen-bond donors (Lipinski definition) is 2. The van der Waals surface area contributed by atoms with Crippen LogP contribution in [0.2, 0.25) is 0 Å². The predicted molar refractivity (Wildman–Crippen MR) is 67.3 cm³/mol. The molecule has 0 aliphatic rings. The molecular weight excluding hydrogens is 218 g/mol. The maximum atomic E-state index is 8.54. The monoisotopic (exact) mass is 239 g/mol. The highest BCUT2D eigenvalue weighted by Crippen LogP contribution is 2.16. The lowest BCUT2D eigenvalue weighted by molar-refractivity contribution is 0.0928. The Balaban J connectivity index is 2.28. The van der Waals surface area contributed by atoms with Gasteiger partial charge in [-0.1, -0.05) is 12.1 Å². The van der Waals surface area contributed by atoms with Gasteiger partial charge in [-0.15, -0.1) is 0 Å². The molecule has 1 rings (SSSR count). The number of rotatable bonds is 8. The number of ether oxygens (including phenoxy) is 2. The van der Waals surface area contributed by atoms with E-state index in [0.29, 0.717) is 13.2 Å². The Morgan fingerprint density at radius 1 is 1.24 bits per heavy atom. The zero-order valence-electron chi connectivity index (χ0n) is 10.5. The molecule has 0 amide bonds. The summed E-state index contributed by atoms with van der Waals surface area (Å²) in [6.07, 6.45) is 0. The van der Waals surface area contributed by atoms with Gasteiger partial charge in [-0.25, -0.2) is 0 Å². The van der Waals surface area contributed by atoms with Gasteiger partial charge in [0.1, 0.15) is 5.75 Å². The quantitative estimate of drug-likeness (QED) is 0.672. The Hall–Kier alpha value is -1.10. The van der Waals surface area contributed by atoms with Crippen LogP contribution in [0.5, 0.6) is 5.75 Å². The molecular formula is C13H21NO3. The minimum Gasteiger partial charge on any atom is -0.497 e. The summed E-state index contributed by atoms with van der Waals surface area (Å²) >= 11 is 0. The van der Waals surface area contributed by atoms with Gasteiger partial charge in [0.2, 0.25) is 0 Å². The first-order valence-electron chi connectivity index (χ1n) is 5.84. The van der Waals surface area contributed by atoms with Gasteiger partial charge in [-0.2, -0.15) is 0 Å². The van der Waals surface area contributed by atoms with Crippen LogP contribution in [0.1, 0.15) is 18.5 Å². The normalized spacial score (nSPS) is 12.4. The van der Waals surface area contributed by atoms with Crippen LogP contribution in [0.4, 0.5) is 0 Å². The van der Waals surface area contributed by atoms with Crippen LogP contribution in [0, 0.1) is 0 Å². The summed E-state index contributed by atoms with van der Waals surface area (Å²) < 4.78 is 10.3. The van der Waals surface area contributed by atoms with Crippen LogP contribution in [-0.4, -0.2) is 38.6 Å². The molecule has 2 N–H and O–H groups in total. The molecule has 0 unspecified atom stereocenters. The largest absolute Gasteiger partial charge is 0.497 e. The number of aliphatic hydroxyl groups excluding tert-OH is 1. The average molecular weight is 239 g/mol. The van der Waals surface area contributed by atoms with E-state index in [-0.39, 0.29) is 12.6 Å². The van der Waals surface area contributed by atoms with Crippen molar-refractivity contribution in [2.24, 2.45) is 0 Å². The molecule has 96 valence electrons. The average Bonchev–Trinajstić information content (AvgIpc) is 2.38. The van der Waals surface area contributed by atoms with Gasteiger partial charge in [0, 0.05) is 12.6 Å². The number of hydrogen-bond acceptors (Lipinski definition) is 4. The lowest BCUT2D eigenvalue weighted by atomic mass is 10.1. The highest BCUT2D eigenvalue weighted by molar-refractivity contribution is 5.28. The molecule has 1 aromatic carbocycles. The van der Waals surface area contributed by atoms with Crippen molar-refractivity contribution in [3.05, 3.63) is 29.8 Å². The number of benzene rings is 1. The molecule has 4 nitrogen and oxygen atoms in total. The molecule has 0 spiro atoms. The van der Waals surface area contributed by atoms with E-state index >= 15 is 0 Å². The third-order valence-corrected chi connectivity index (χ3v) is 2.55. The fourth-order valence-electron chi connectivity index (χ4n) is 1.52. The first-order chi connectivity index (χ1) is 8.27. The standard InChI is InChI=1S/C13H21NO3/c1-11(14-7-9-17-10-8-15)12-3-5-13(16-2)6-4-12/h3-6,11,14-15H,7-10H2,1-2H3/t11-/m0/s1. The Bertz CT molecular complexity index is 300. The SMILES string of the molecule is COc1ccc([C@H](C)NCCOCCO)cc1. The predicted octanol–water partition coefficient (Wildman–Crippen LogP) is 1.35. The van der Waals surface area contributed by atoms with Crippen molar-refractivity contribution >= 4 is 0 Å². The van der Waals surface area contributed by atoms with Crippen LogP contribution < -0.4 is 10.1 Å². The number of aliphatic hydroxyl groups is 1. The van der Waals surface area contributed by atoms with Crippen molar-refractivity contribution in [1.82, 2.24) is 5.32 Å². The summed E-state index contributed by atoms with van der Waals surface area (Å²) in [6.45, 7) is 3.97. The van der Waals surface area contributed by atoms with Crippen molar-refractivity contribution in [3.63, 3.8) is 0 Å². The summed E-state index contributed by atoms with van der Waals surface area (Å²) in [6, 6.07) is 8.28. The maximum Gasteiger partial charge on any atom is 0.118 e. The molecule has 0 heterocycles. The summed E-state index contributed by atoms with van der Waals surface area (Å²) in [4.78, 5) is 0. The topological polar surface area (TPSA) is 50.7 Å². The van der Waals surface area contributed by atoms with E-state index in [1.165, 1.54) is 5.56 Å². The molecule has 0 saturated heterocycles. The Morgan fingerprint density at radius 3 is 2.53 bits per heavy atom. The van der Waals surface area contributed by atoms with Gasteiger partial charge in [0.25, 0.3) is 0 Å².